The number of rotatable bonds is 2. The Hall–Kier alpha value is -1.31. The number of amides is 1. The van der Waals surface area contributed by atoms with Gasteiger partial charge < -0.3 is 5.32 Å². The second kappa shape index (κ2) is 6.20. The van der Waals surface area contributed by atoms with Gasteiger partial charge in [-0.25, -0.2) is 0 Å². The summed E-state index contributed by atoms with van der Waals surface area (Å²) in [6, 6.07) is 6.59. The number of hydrogen-bond acceptors (Lipinski definition) is 1. The molecule has 1 aromatic carbocycles. The lowest BCUT2D eigenvalue weighted by Gasteiger charge is -2.48. The minimum absolute atomic E-state index is 0.115. The summed E-state index contributed by atoms with van der Waals surface area (Å²) >= 11 is 0. The average molecular weight is 325 g/mol. The van der Waals surface area contributed by atoms with E-state index in [1.807, 2.05) is 0 Å². The van der Waals surface area contributed by atoms with E-state index in [1.165, 1.54) is 49.7 Å². The molecular formula is C22H31NO. The highest BCUT2D eigenvalue weighted by atomic mass is 16.2. The maximum absolute atomic E-state index is 13.2. The molecule has 130 valence electrons. The third kappa shape index (κ3) is 3.00. The average Bonchev–Trinajstić information content (AvgIpc) is 2.53. The Labute approximate surface area is 146 Å². The first kappa shape index (κ1) is 16.2. The molecule has 1 amide bonds. The summed E-state index contributed by atoms with van der Waals surface area (Å²) in [6.45, 7) is 4.67. The van der Waals surface area contributed by atoms with E-state index in [9.17, 15) is 4.79 Å². The summed E-state index contributed by atoms with van der Waals surface area (Å²) in [5, 5.41) is 3.31. The molecule has 2 unspecified atom stereocenters. The smallest absolute Gasteiger partial charge is 0.230 e. The van der Waals surface area contributed by atoms with E-state index in [0.717, 1.165) is 30.9 Å². The van der Waals surface area contributed by atoms with E-state index < -0.39 is 0 Å². The lowest BCUT2D eigenvalue weighted by molar-refractivity contribution is -0.133. The van der Waals surface area contributed by atoms with Gasteiger partial charge in [-0.2, -0.15) is 0 Å². The predicted molar refractivity (Wildman–Crippen MR) is 99.0 cm³/mol. The molecular weight excluding hydrogens is 294 g/mol. The summed E-state index contributed by atoms with van der Waals surface area (Å²) < 4.78 is 0. The normalized spacial score (nSPS) is 35.2. The summed E-state index contributed by atoms with van der Waals surface area (Å²) in [5.41, 5.74) is 3.83. The molecule has 2 saturated carbocycles. The fraction of sp³-hybridized carbons (Fsp3) is 0.682. The van der Waals surface area contributed by atoms with Gasteiger partial charge in [0.25, 0.3) is 0 Å². The second-order valence-corrected chi connectivity index (χ2v) is 9.09. The molecule has 2 atom stereocenters. The Morgan fingerprint density at radius 1 is 1.00 bits per heavy atom. The number of fused-ring (bicyclic) bond motifs is 3. The maximum Gasteiger partial charge on any atom is 0.230 e. The van der Waals surface area contributed by atoms with E-state index in [0.29, 0.717) is 17.7 Å². The lowest BCUT2D eigenvalue weighted by atomic mass is 9.56. The fourth-order valence-electron chi connectivity index (χ4n) is 6.06. The summed E-state index contributed by atoms with van der Waals surface area (Å²) in [4.78, 5) is 13.2. The SMILES string of the molecule is CC1CC2CC(C)CC(C(=O)Nc3ccc4c(c3)CCCC4)(C1)C2. The van der Waals surface area contributed by atoms with Crippen molar-refractivity contribution in [3.8, 4) is 0 Å². The summed E-state index contributed by atoms with van der Waals surface area (Å²) in [7, 11) is 0. The molecule has 0 aliphatic heterocycles. The van der Waals surface area contributed by atoms with Crippen LogP contribution in [0.2, 0.25) is 0 Å². The van der Waals surface area contributed by atoms with Crippen molar-refractivity contribution in [1.29, 1.82) is 0 Å². The monoisotopic (exact) mass is 325 g/mol. The zero-order chi connectivity index (χ0) is 16.7. The molecule has 3 aliphatic rings. The van der Waals surface area contributed by atoms with Crippen LogP contribution in [0.5, 0.6) is 0 Å². The fourth-order valence-corrected chi connectivity index (χ4v) is 6.06. The van der Waals surface area contributed by atoms with Crippen LogP contribution < -0.4 is 5.32 Å². The van der Waals surface area contributed by atoms with Crippen molar-refractivity contribution in [2.24, 2.45) is 23.2 Å². The molecule has 2 nitrogen and oxygen atoms in total. The van der Waals surface area contributed by atoms with Crippen LogP contribution >= 0.6 is 0 Å². The molecule has 2 fully saturated rings. The molecule has 24 heavy (non-hydrogen) atoms. The van der Waals surface area contributed by atoms with Crippen LogP contribution in [0.25, 0.3) is 0 Å². The molecule has 0 saturated heterocycles. The predicted octanol–water partition coefficient (Wildman–Crippen LogP) is 5.36. The Morgan fingerprint density at radius 2 is 1.67 bits per heavy atom. The number of carbonyl (C=O) groups is 1. The first-order chi connectivity index (χ1) is 11.5. The molecule has 0 radical (unpaired) electrons. The Morgan fingerprint density at radius 3 is 2.38 bits per heavy atom. The second-order valence-electron chi connectivity index (χ2n) is 9.09. The van der Waals surface area contributed by atoms with Gasteiger partial charge >= 0.3 is 0 Å². The Balaban J connectivity index is 1.54. The van der Waals surface area contributed by atoms with Gasteiger partial charge in [-0.1, -0.05) is 19.9 Å². The number of carbonyl (C=O) groups excluding carboxylic acids is 1. The first-order valence-corrected chi connectivity index (χ1v) is 9.97. The van der Waals surface area contributed by atoms with Crippen LogP contribution in [0.15, 0.2) is 18.2 Å². The molecule has 1 N–H and O–H groups in total. The molecule has 0 aromatic heterocycles. The van der Waals surface area contributed by atoms with Crippen LogP contribution in [0.3, 0.4) is 0 Å². The van der Waals surface area contributed by atoms with Gasteiger partial charge in [-0.15, -0.1) is 0 Å². The topological polar surface area (TPSA) is 29.1 Å². The number of anilines is 1. The van der Waals surface area contributed by atoms with Gasteiger partial charge in [0, 0.05) is 5.69 Å². The van der Waals surface area contributed by atoms with Crippen molar-refractivity contribution in [2.75, 3.05) is 5.32 Å². The molecule has 1 aromatic rings. The van der Waals surface area contributed by atoms with Gasteiger partial charge in [0.2, 0.25) is 5.91 Å². The molecule has 0 heterocycles. The van der Waals surface area contributed by atoms with Gasteiger partial charge in [-0.05, 0) is 98.8 Å². The van der Waals surface area contributed by atoms with Gasteiger partial charge in [0.1, 0.15) is 0 Å². The van der Waals surface area contributed by atoms with E-state index in [2.05, 4.69) is 37.4 Å². The van der Waals surface area contributed by atoms with E-state index in [4.69, 9.17) is 0 Å². The Kier molecular flexibility index (Phi) is 4.18. The zero-order valence-electron chi connectivity index (χ0n) is 15.2. The quantitative estimate of drug-likeness (QED) is 0.779. The third-order valence-corrected chi connectivity index (χ3v) is 6.72. The number of aryl methyl sites for hydroxylation is 2. The first-order valence-electron chi connectivity index (χ1n) is 9.97. The highest BCUT2D eigenvalue weighted by molar-refractivity contribution is 5.95. The maximum atomic E-state index is 13.2. The van der Waals surface area contributed by atoms with Gasteiger partial charge in [-0.3, -0.25) is 4.79 Å². The van der Waals surface area contributed by atoms with Crippen LogP contribution in [0, 0.1) is 23.2 Å². The largest absolute Gasteiger partial charge is 0.326 e. The summed E-state index contributed by atoms with van der Waals surface area (Å²) in [5.74, 6) is 2.42. The molecule has 2 bridgehead atoms. The van der Waals surface area contributed by atoms with Crippen molar-refractivity contribution in [3.05, 3.63) is 29.3 Å². The molecule has 2 heteroatoms. The minimum atomic E-state index is -0.115. The Bertz CT molecular complexity index is 615. The third-order valence-electron chi connectivity index (χ3n) is 6.72. The van der Waals surface area contributed by atoms with Crippen molar-refractivity contribution in [3.63, 3.8) is 0 Å². The molecule has 3 aliphatic carbocycles. The standard InChI is InChI=1S/C22H31NO/c1-15-9-17-10-16(2)13-22(12-15,14-17)21(24)23-20-8-7-18-5-3-4-6-19(18)11-20/h7-8,11,15-17H,3-6,9-10,12-14H2,1-2H3,(H,23,24). The van der Waals surface area contributed by atoms with Crippen LogP contribution in [0.4, 0.5) is 5.69 Å². The lowest BCUT2D eigenvalue weighted by Crippen LogP contribution is -2.47. The van der Waals surface area contributed by atoms with Crippen molar-refractivity contribution in [2.45, 2.75) is 71.6 Å². The summed E-state index contributed by atoms with van der Waals surface area (Å²) in [6.07, 6.45) is 10.8. The molecule has 0 spiro atoms. The van der Waals surface area contributed by atoms with Crippen LogP contribution in [-0.2, 0) is 17.6 Å². The number of benzene rings is 1. The van der Waals surface area contributed by atoms with Gasteiger partial charge in [0.05, 0.1) is 5.41 Å². The van der Waals surface area contributed by atoms with E-state index in [1.54, 1.807) is 0 Å². The highest BCUT2D eigenvalue weighted by Gasteiger charge is 2.48. The minimum Gasteiger partial charge on any atom is -0.326 e. The van der Waals surface area contributed by atoms with E-state index in [-0.39, 0.29) is 5.41 Å². The van der Waals surface area contributed by atoms with Crippen molar-refractivity contribution < 1.29 is 4.79 Å². The highest BCUT2D eigenvalue weighted by Crippen LogP contribution is 2.53. The zero-order valence-corrected chi connectivity index (χ0v) is 15.2. The van der Waals surface area contributed by atoms with Crippen LogP contribution in [-0.4, -0.2) is 5.91 Å². The van der Waals surface area contributed by atoms with Crippen molar-refractivity contribution >= 4 is 11.6 Å². The van der Waals surface area contributed by atoms with Crippen LogP contribution in [0.1, 0.15) is 69.9 Å². The number of hydrogen-bond donors (Lipinski definition) is 1. The molecule has 4 rings (SSSR count). The van der Waals surface area contributed by atoms with E-state index >= 15 is 0 Å². The van der Waals surface area contributed by atoms with Gasteiger partial charge in [0.15, 0.2) is 0 Å². The number of nitrogens with one attached hydrogen (secondary N) is 1. The van der Waals surface area contributed by atoms with Crippen molar-refractivity contribution in [1.82, 2.24) is 0 Å².